The predicted octanol–water partition coefficient (Wildman–Crippen LogP) is 6.33. The van der Waals surface area contributed by atoms with Crippen LogP contribution in [0.15, 0.2) is 0 Å². The van der Waals surface area contributed by atoms with E-state index in [2.05, 4.69) is 12.2 Å². The molecule has 0 radical (unpaired) electrons. The van der Waals surface area contributed by atoms with Gasteiger partial charge in [0.05, 0.1) is 6.61 Å². The van der Waals surface area contributed by atoms with Gasteiger partial charge in [-0.3, -0.25) is 0 Å². The topological polar surface area (TPSA) is 67.8 Å². The first kappa shape index (κ1) is 26.2. The molecule has 0 aromatic rings. The van der Waals surface area contributed by atoms with Gasteiger partial charge in [0.25, 0.3) is 0 Å². The molecular weight excluding hydrogens is 366 g/mol. The monoisotopic (exact) mass is 413 g/mol. The van der Waals surface area contributed by atoms with Gasteiger partial charge in [0.15, 0.2) is 0 Å². The Bertz CT molecular complexity index is 372. The molecule has 1 amide bonds. The highest BCUT2D eigenvalue weighted by atomic mass is 16.7. The van der Waals surface area contributed by atoms with E-state index in [9.17, 15) is 9.90 Å². The van der Waals surface area contributed by atoms with Crippen molar-refractivity contribution < 1.29 is 19.4 Å². The minimum atomic E-state index is -0.430. The van der Waals surface area contributed by atoms with Crippen molar-refractivity contribution in [2.24, 2.45) is 5.92 Å². The summed E-state index contributed by atoms with van der Waals surface area (Å²) in [6.07, 6.45) is 20.4. The Morgan fingerprint density at radius 1 is 0.966 bits per heavy atom. The molecule has 5 nitrogen and oxygen atoms in total. The van der Waals surface area contributed by atoms with E-state index in [-0.39, 0.29) is 12.5 Å². The van der Waals surface area contributed by atoms with Crippen molar-refractivity contribution in [1.82, 2.24) is 5.32 Å². The summed E-state index contributed by atoms with van der Waals surface area (Å²) in [6.45, 7) is 3.51. The van der Waals surface area contributed by atoms with Crippen molar-refractivity contribution in [2.75, 3.05) is 19.8 Å². The third-order valence-electron chi connectivity index (χ3n) is 5.89. The van der Waals surface area contributed by atoms with Crippen molar-refractivity contribution >= 4 is 6.09 Å². The molecule has 172 valence electrons. The summed E-state index contributed by atoms with van der Waals surface area (Å²) in [5.41, 5.74) is 0. The van der Waals surface area contributed by atoms with Gasteiger partial charge in [-0.15, -0.1) is 0 Å². The van der Waals surface area contributed by atoms with E-state index < -0.39 is 12.4 Å². The van der Waals surface area contributed by atoms with E-state index in [1.807, 2.05) is 0 Å². The van der Waals surface area contributed by atoms with E-state index >= 15 is 0 Å². The number of hydrogen-bond donors (Lipinski definition) is 2. The molecule has 1 fully saturated rings. The first-order valence-corrected chi connectivity index (χ1v) is 12.4. The van der Waals surface area contributed by atoms with Gasteiger partial charge in [-0.25, -0.2) is 4.79 Å². The third-order valence-corrected chi connectivity index (χ3v) is 5.89. The van der Waals surface area contributed by atoms with Crippen LogP contribution in [0.2, 0.25) is 0 Å². The van der Waals surface area contributed by atoms with Gasteiger partial charge < -0.3 is 19.9 Å². The van der Waals surface area contributed by atoms with Gasteiger partial charge in [0.2, 0.25) is 6.29 Å². The van der Waals surface area contributed by atoms with Crippen molar-refractivity contribution in [3.63, 3.8) is 0 Å². The number of nitrogens with one attached hydrogen (secondary N) is 1. The summed E-state index contributed by atoms with van der Waals surface area (Å²) in [4.78, 5) is 11.8. The van der Waals surface area contributed by atoms with Gasteiger partial charge in [-0.2, -0.15) is 0 Å². The van der Waals surface area contributed by atoms with Gasteiger partial charge in [-0.05, 0) is 25.2 Å². The van der Waals surface area contributed by atoms with E-state index in [0.29, 0.717) is 13.2 Å². The maximum Gasteiger partial charge on any atom is 0.409 e. The Labute approximate surface area is 179 Å². The Balaban J connectivity index is 1.88. The molecule has 1 heterocycles. The maximum atomic E-state index is 11.8. The second kappa shape index (κ2) is 19.2. The third kappa shape index (κ3) is 15.7. The lowest BCUT2D eigenvalue weighted by molar-refractivity contribution is -0.126. The molecule has 0 saturated carbocycles. The summed E-state index contributed by atoms with van der Waals surface area (Å²) in [5, 5.41) is 12.3. The Hall–Kier alpha value is -0.810. The molecule has 0 aromatic heterocycles. The van der Waals surface area contributed by atoms with Crippen LogP contribution in [-0.4, -0.2) is 37.2 Å². The van der Waals surface area contributed by atoms with Gasteiger partial charge in [-0.1, -0.05) is 90.4 Å². The normalized spacial score (nSPS) is 17.8. The number of aliphatic hydroxyl groups is 1. The second-order valence-electron chi connectivity index (χ2n) is 8.66. The Kier molecular flexibility index (Phi) is 17.3. The van der Waals surface area contributed by atoms with E-state index in [1.54, 1.807) is 0 Å². The number of unbranched alkanes of at least 4 members (excludes halogenated alkanes) is 12. The van der Waals surface area contributed by atoms with Crippen LogP contribution in [-0.2, 0) is 9.47 Å². The summed E-state index contributed by atoms with van der Waals surface area (Å²) in [5.74, 6) is 0.113. The van der Waals surface area contributed by atoms with Gasteiger partial charge in [0.1, 0.15) is 0 Å². The maximum absolute atomic E-state index is 11.8. The van der Waals surface area contributed by atoms with Crippen LogP contribution in [0.4, 0.5) is 4.79 Å². The second-order valence-corrected chi connectivity index (χ2v) is 8.66. The molecule has 1 saturated heterocycles. The van der Waals surface area contributed by atoms with Crippen LogP contribution < -0.4 is 5.32 Å². The standard InChI is InChI=1S/C24H47NO4/c1-2-3-4-5-6-7-8-9-10-11-12-13-14-17-22(21-26)20-25-24(27)29-23-18-15-16-19-28-23/h22-23,26H,2-21H2,1H3,(H,25,27)/t22-,23?/m1/s1. The smallest absolute Gasteiger partial charge is 0.409 e. The average molecular weight is 414 g/mol. The van der Waals surface area contributed by atoms with E-state index in [0.717, 1.165) is 32.1 Å². The summed E-state index contributed by atoms with van der Waals surface area (Å²) in [6, 6.07) is 0. The average Bonchev–Trinajstić information content (AvgIpc) is 2.74. The first-order valence-electron chi connectivity index (χ1n) is 12.4. The molecule has 2 atom stereocenters. The number of carbonyl (C=O) groups excluding carboxylic acids is 1. The van der Waals surface area contributed by atoms with Crippen LogP contribution in [0.5, 0.6) is 0 Å². The fourth-order valence-electron chi connectivity index (χ4n) is 3.90. The zero-order valence-corrected chi connectivity index (χ0v) is 19.0. The lowest BCUT2D eigenvalue weighted by Crippen LogP contribution is -2.35. The summed E-state index contributed by atoms with van der Waals surface area (Å²) in [7, 11) is 0. The van der Waals surface area contributed by atoms with E-state index in [4.69, 9.17) is 9.47 Å². The molecule has 2 N–H and O–H groups in total. The largest absolute Gasteiger partial charge is 0.420 e. The van der Waals surface area contributed by atoms with Crippen LogP contribution >= 0.6 is 0 Å². The molecule has 29 heavy (non-hydrogen) atoms. The molecular formula is C24H47NO4. The number of amides is 1. The lowest BCUT2D eigenvalue weighted by atomic mass is 10.00. The number of hydrogen-bond acceptors (Lipinski definition) is 4. The lowest BCUT2D eigenvalue weighted by Gasteiger charge is -2.23. The molecule has 1 rings (SSSR count). The number of aliphatic hydroxyl groups excluding tert-OH is 1. The van der Waals surface area contributed by atoms with E-state index in [1.165, 1.54) is 77.0 Å². The van der Waals surface area contributed by atoms with Crippen molar-refractivity contribution in [1.29, 1.82) is 0 Å². The number of alkyl carbamates (subject to hydrolysis) is 1. The highest BCUT2D eigenvalue weighted by molar-refractivity contribution is 5.67. The Morgan fingerprint density at radius 2 is 1.55 bits per heavy atom. The van der Waals surface area contributed by atoms with Crippen molar-refractivity contribution in [3.05, 3.63) is 0 Å². The number of carbonyl (C=O) groups is 1. The molecule has 5 heteroatoms. The number of ether oxygens (including phenoxy) is 2. The van der Waals surface area contributed by atoms with Crippen LogP contribution in [0, 0.1) is 5.92 Å². The SMILES string of the molecule is CCCCCCCCCCCCCCC[C@@H](CO)CNC(=O)OC1CCCCO1. The molecule has 1 unspecified atom stereocenters. The molecule has 1 aliphatic rings. The van der Waals surface area contributed by atoms with Crippen LogP contribution in [0.25, 0.3) is 0 Å². The predicted molar refractivity (Wildman–Crippen MR) is 119 cm³/mol. The zero-order chi connectivity index (χ0) is 21.0. The van der Waals surface area contributed by atoms with Gasteiger partial charge >= 0.3 is 6.09 Å². The summed E-state index contributed by atoms with van der Waals surface area (Å²) >= 11 is 0. The van der Waals surface area contributed by atoms with Crippen molar-refractivity contribution in [2.45, 2.75) is 122 Å². The molecule has 0 spiro atoms. The number of rotatable bonds is 18. The van der Waals surface area contributed by atoms with Crippen LogP contribution in [0.1, 0.15) is 116 Å². The molecule has 0 aromatic carbocycles. The molecule has 0 bridgehead atoms. The highest BCUT2D eigenvalue weighted by Crippen LogP contribution is 2.16. The quantitative estimate of drug-likeness (QED) is 0.258. The zero-order valence-electron chi connectivity index (χ0n) is 19.0. The van der Waals surface area contributed by atoms with Gasteiger partial charge in [0, 0.05) is 19.6 Å². The minimum absolute atomic E-state index is 0.110. The fourth-order valence-corrected chi connectivity index (χ4v) is 3.90. The summed E-state index contributed by atoms with van der Waals surface area (Å²) < 4.78 is 10.7. The fraction of sp³-hybridized carbons (Fsp3) is 0.958. The van der Waals surface area contributed by atoms with Crippen LogP contribution in [0.3, 0.4) is 0 Å². The highest BCUT2D eigenvalue weighted by Gasteiger charge is 2.18. The van der Waals surface area contributed by atoms with Crippen molar-refractivity contribution in [3.8, 4) is 0 Å². The first-order chi connectivity index (χ1) is 14.3. The minimum Gasteiger partial charge on any atom is -0.420 e. The Morgan fingerprint density at radius 3 is 2.07 bits per heavy atom. The molecule has 1 aliphatic heterocycles. The molecule has 0 aliphatic carbocycles.